The molecule has 0 saturated heterocycles. The third-order valence-electron chi connectivity index (χ3n) is 1.17. The molecular weight excluding hydrogens is 124 g/mol. The molecule has 1 aromatic rings. The minimum atomic E-state index is 0.414. The fourth-order valence-corrected chi connectivity index (χ4v) is 0.792. The lowest BCUT2D eigenvalue weighted by Gasteiger charge is -2.00. The maximum Gasteiger partial charge on any atom is 0.0589 e. The molecule has 2 nitrogen and oxygen atoms in total. The van der Waals surface area contributed by atoms with Crippen LogP contribution in [-0.2, 0) is 6.42 Å². The molecule has 1 atom stereocenters. The van der Waals surface area contributed by atoms with E-state index in [-0.39, 0.29) is 0 Å². The summed E-state index contributed by atoms with van der Waals surface area (Å²) < 4.78 is 0. The minimum absolute atomic E-state index is 0.414. The molecule has 1 radical (unpaired) electrons. The van der Waals surface area contributed by atoms with Gasteiger partial charge in [0, 0.05) is 18.6 Å². The second kappa shape index (κ2) is 3.30. The van der Waals surface area contributed by atoms with Crippen LogP contribution in [0.3, 0.4) is 0 Å². The molecule has 0 bridgehead atoms. The molecule has 0 saturated carbocycles. The Balaban J connectivity index is 2.59. The average molecular weight is 135 g/mol. The van der Waals surface area contributed by atoms with Gasteiger partial charge in [0.2, 0.25) is 0 Å². The third kappa shape index (κ3) is 2.13. The van der Waals surface area contributed by atoms with Gasteiger partial charge in [0.1, 0.15) is 0 Å². The maximum absolute atomic E-state index is 4.12. The maximum atomic E-state index is 4.12. The van der Waals surface area contributed by atoms with E-state index in [4.69, 9.17) is 0 Å². The van der Waals surface area contributed by atoms with Gasteiger partial charge in [0.25, 0.3) is 0 Å². The number of hydrogen-bond donors (Lipinski definition) is 0. The Kier molecular flexibility index (Phi) is 2.37. The molecule has 0 amide bonds. The van der Waals surface area contributed by atoms with Crippen LogP contribution in [0.2, 0.25) is 0 Å². The molecule has 10 heavy (non-hydrogen) atoms. The monoisotopic (exact) mass is 135 g/mol. The predicted molar refractivity (Wildman–Crippen MR) is 40.3 cm³/mol. The highest BCUT2D eigenvalue weighted by atomic mass is 14.8. The second-order valence-corrected chi connectivity index (χ2v) is 2.51. The van der Waals surface area contributed by atoms with Crippen molar-refractivity contribution < 1.29 is 0 Å². The molecule has 1 rings (SSSR count). The molecule has 2 heteroatoms. The van der Waals surface area contributed by atoms with E-state index in [0.717, 1.165) is 12.1 Å². The summed E-state index contributed by atoms with van der Waals surface area (Å²) in [5.74, 6) is 0.414. The van der Waals surface area contributed by atoms with Crippen LogP contribution in [0.15, 0.2) is 18.6 Å². The molecule has 53 valence electrons. The van der Waals surface area contributed by atoms with E-state index < -0.39 is 0 Å². The van der Waals surface area contributed by atoms with Crippen molar-refractivity contribution in [3.8, 4) is 0 Å². The Bertz CT molecular complexity index is 182. The summed E-state index contributed by atoms with van der Waals surface area (Å²) in [6.45, 7) is 5.93. The van der Waals surface area contributed by atoms with Gasteiger partial charge in [-0.25, -0.2) is 0 Å². The fraction of sp³-hybridized carbons (Fsp3) is 0.375. The average Bonchev–Trinajstić information content (AvgIpc) is 1.88. The van der Waals surface area contributed by atoms with E-state index >= 15 is 0 Å². The van der Waals surface area contributed by atoms with Gasteiger partial charge < -0.3 is 0 Å². The highest BCUT2D eigenvalue weighted by Gasteiger charge is 1.96. The normalized spacial score (nSPS) is 10.3. The molecule has 0 aliphatic rings. The number of aromatic nitrogens is 2. The van der Waals surface area contributed by atoms with Gasteiger partial charge in [-0.3, -0.25) is 9.97 Å². The molecule has 1 unspecified atom stereocenters. The van der Waals surface area contributed by atoms with Gasteiger partial charge in [0.05, 0.1) is 5.69 Å². The molecular formula is C8H11N2. The summed E-state index contributed by atoms with van der Waals surface area (Å²) in [4.78, 5) is 8.06. The summed E-state index contributed by atoms with van der Waals surface area (Å²) in [6.07, 6.45) is 6.07. The molecule has 0 spiro atoms. The molecule has 0 fully saturated rings. The standard InChI is InChI=1S/C8H11N2/c1-7(2)5-8-6-9-3-4-10-8/h3-4,6-7H,1,5H2,2H3. The zero-order valence-electron chi connectivity index (χ0n) is 6.12. The van der Waals surface area contributed by atoms with E-state index in [1.54, 1.807) is 18.6 Å². The molecule has 0 aliphatic carbocycles. The number of rotatable bonds is 2. The van der Waals surface area contributed by atoms with Crippen LogP contribution in [0.25, 0.3) is 0 Å². The van der Waals surface area contributed by atoms with Crippen LogP contribution >= 0.6 is 0 Å². The van der Waals surface area contributed by atoms with Crippen molar-refractivity contribution in [1.82, 2.24) is 9.97 Å². The first-order valence-electron chi connectivity index (χ1n) is 3.37. The Morgan fingerprint density at radius 2 is 2.40 bits per heavy atom. The SMILES string of the molecule is [CH2]C(C)Cc1cnccn1. The summed E-state index contributed by atoms with van der Waals surface area (Å²) in [7, 11) is 0. The molecule has 0 N–H and O–H groups in total. The Hall–Kier alpha value is -0.920. The van der Waals surface area contributed by atoms with Crippen molar-refractivity contribution >= 4 is 0 Å². The second-order valence-electron chi connectivity index (χ2n) is 2.51. The van der Waals surface area contributed by atoms with Gasteiger partial charge in [-0.1, -0.05) is 13.8 Å². The minimum Gasteiger partial charge on any atom is -0.261 e. The van der Waals surface area contributed by atoms with Crippen LogP contribution < -0.4 is 0 Å². The molecule has 1 aromatic heterocycles. The van der Waals surface area contributed by atoms with E-state index in [1.807, 2.05) is 0 Å². The summed E-state index contributed by atoms with van der Waals surface area (Å²) in [5.41, 5.74) is 1.02. The van der Waals surface area contributed by atoms with Gasteiger partial charge in [0.15, 0.2) is 0 Å². The van der Waals surface area contributed by atoms with E-state index in [9.17, 15) is 0 Å². The van der Waals surface area contributed by atoms with Crippen molar-refractivity contribution in [2.24, 2.45) is 5.92 Å². The van der Waals surface area contributed by atoms with Crippen molar-refractivity contribution in [1.29, 1.82) is 0 Å². The lowest BCUT2D eigenvalue weighted by Crippen LogP contribution is -1.96. The van der Waals surface area contributed by atoms with Crippen molar-refractivity contribution in [3.63, 3.8) is 0 Å². The largest absolute Gasteiger partial charge is 0.261 e. The third-order valence-corrected chi connectivity index (χ3v) is 1.17. The Morgan fingerprint density at radius 1 is 1.60 bits per heavy atom. The van der Waals surface area contributed by atoms with Gasteiger partial charge in [-0.05, 0) is 12.3 Å². The summed E-state index contributed by atoms with van der Waals surface area (Å²) in [5, 5.41) is 0. The first kappa shape index (κ1) is 7.19. The number of nitrogens with zero attached hydrogens (tertiary/aromatic N) is 2. The van der Waals surface area contributed by atoms with Crippen molar-refractivity contribution in [2.75, 3.05) is 0 Å². The van der Waals surface area contributed by atoms with E-state index in [2.05, 4.69) is 23.8 Å². The van der Waals surface area contributed by atoms with Crippen LogP contribution in [0.5, 0.6) is 0 Å². The highest BCUT2D eigenvalue weighted by Crippen LogP contribution is 2.01. The van der Waals surface area contributed by atoms with E-state index in [0.29, 0.717) is 5.92 Å². The Labute approximate surface area is 61.3 Å². The molecule has 0 aromatic carbocycles. The highest BCUT2D eigenvalue weighted by molar-refractivity contribution is 4.95. The summed E-state index contributed by atoms with van der Waals surface area (Å²) in [6, 6.07) is 0. The topological polar surface area (TPSA) is 25.8 Å². The van der Waals surface area contributed by atoms with Crippen LogP contribution in [0.4, 0.5) is 0 Å². The van der Waals surface area contributed by atoms with Gasteiger partial charge in [-0.15, -0.1) is 0 Å². The zero-order chi connectivity index (χ0) is 7.40. The fourth-order valence-electron chi connectivity index (χ4n) is 0.792. The van der Waals surface area contributed by atoms with Crippen LogP contribution in [-0.4, -0.2) is 9.97 Å². The van der Waals surface area contributed by atoms with Crippen molar-refractivity contribution in [3.05, 3.63) is 31.2 Å². The first-order valence-corrected chi connectivity index (χ1v) is 3.37. The van der Waals surface area contributed by atoms with E-state index in [1.165, 1.54) is 0 Å². The zero-order valence-corrected chi connectivity index (χ0v) is 6.12. The van der Waals surface area contributed by atoms with Crippen LogP contribution in [0.1, 0.15) is 12.6 Å². The Morgan fingerprint density at radius 3 is 2.90 bits per heavy atom. The van der Waals surface area contributed by atoms with Gasteiger partial charge >= 0.3 is 0 Å². The first-order chi connectivity index (χ1) is 4.79. The number of hydrogen-bond acceptors (Lipinski definition) is 2. The molecule has 1 heterocycles. The lowest BCUT2D eigenvalue weighted by molar-refractivity contribution is 0.699. The predicted octanol–water partition coefficient (Wildman–Crippen LogP) is 1.49. The van der Waals surface area contributed by atoms with Crippen molar-refractivity contribution in [2.45, 2.75) is 13.3 Å². The van der Waals surface area contributed by atoms with Crippen LogP contribution in [0, 0.1) is 12.8 Å². The quantitative estimate of drug-likeness (QED) is 0.614. The summed E-state index contributed by atoms with van der Waals surface area (Å²) >= 11 is 0. The lowest BCUT2D eigenvalue weighted by atomic mass is 10.1. The molecule has 0 aliphatic heterocycles. The smallest absolute Gasteiger partial charge is 0.0589 e. The van der Waals surface area contributed by atoms with Gasteiger partial charge in [-0.2, -0.15) is 0 Å².